The summed E-state index contributed by atoms with van der Waals surface area (Å²) in [5.41, 5.74) is 4.74. The lowest BCUT2D eigenvalue weighted by Gasteiger charge is -2.39. The molecule has 3 N–H and O–H groups in total. The highest BCUT2D eigenvalue weighted by Crippen LogP contribution is 2.44. The van der Waals surface area contributed by atoms with Crippen LogP contribution in [0.4, 0.5) is 17.6 Å². The summed E-state index contributed by atoms with van der Waals surface area (Å²) < 4.78 is 61.9. The zero-order chi connectivity index (χ0) is 22.3. The first-order valence-corrected chi connectivity index (χ1v) is 9.64. The van der Waals surface area contributed by atoms with Gasteiger partial charge in [-0.15, -0.1) is 0 Å². The van der Waals surface area contributed by atoms with E-state index in [1.165, 1.54) is 25.3 Å². The first-order valence-electron chi connectivity index (χ1n) is 9.64. The summed E-state index contributed by atoms with van der Waals surface area (Å²) in [5, 5.41) is 0.864. The maximum absolute atomic E-state index is 14.2. The van der Waals surface area contributed by atoms with Crippen molar-refractivity contribution >= 4 is 10.9 Å². The van der Waals surface area contributed by atoms with Gasteiger partial charge in [0, 0.05) is 28.6 Å². The molecule has 1 aromatic heterocycles. The van der Waals surface area contributed by atoms with Gasteiger partial charge in [-0.3, -0.25) is 0 Å². The van der Waals surface area contributed by atoms with Gasteiger partial charge in [0.05, 0.1) is 7.11 Å². The van der Waals surface area contributed by atoms with Crippen LogP contribution in [-0.2, 0) is 11.8 Å². The molecule has 1 heterocycles. The van der Waals surface area contributed by atoms with E-state index < -0.39 is 35.8 Å². The zero-order valence-corrected chi connectivity index (χ0v) is 17.5. The monoisotopic (exact) mass is 422 g/mol. The van der Waals surface area contributed by atoms with Gasteiger partial charge in [0.1, 0.15) is 17.1 Å². The molecule has 30 heavy (non-hydrogen) atoms. The van der Waals surface area contributed by atoms with Gasteiger partial charge in [-0.25, -0.2) is 4.39 Å². The fourth-order valence-corrected chi connectivity index (χ4v) is 4.19. The van der Waals surface area contributed by atoms with E-state index in [2.05, 4.69) is 4.98 Å². The van der Waals surface area contributed by atoms with E-state index >= 15 is 0 Å². The molecule has 0 spiro atoms. The summed E-state index contributed by atoms with van der Waals surface area (Å²) >= 11 is 0. The second-order valence-electron chi connectivity index (χ2n) is 8.51. The van der Waals surface area contributed by atoms with Crippen LogP contribution >= 0.6 is 0 Å². The van der Waals surface area contributed by atoms with E-state index in [9.17, 15) is 17.6 Å². The molecule has 0 fully saturated rings. The van der Waals surface area contributed by atoms with E-state index in [0.717, 1.165) is 16.5 Å². The van der Waals surface area contributed by atoms with Crippen LogP contribution in [0.25, 0.3) is 10.9 Å². The molecule has 1 unspecified atom stereocenters. The average Bonchev–Trinajstić information content (AvgIpc) is 2.96. The van der Waals surface area contributed by atoms with Crippen LogP contribution in [0, 0.1) is 12.7 Å². The summed E-state index contributed by atoms with van der Waals surface area (Å²) in [5.74, 6) is -0.215. The Labute approximate surface area is 173 Å². The van der Waals surface area contributed by atoms with Crippen molar-refractivity contribution < 1.29 is 22.3 Å². The van der Waals surface area contributed by atoms with Crippen LogP contribution in [0.15, 0.2) is 42.5 Å². The van der Waals surface area contributed by atoms with E-state index in [1.807, 2.05) is 24.3 Å². The summed E-state index contributed by atoms with van der Waals surface area (Å²) in [6.45, 7) is 5.02. The van der Waals surface area contributed by atoms with Crippen molar-refractivity contribution in [2.45, 2.75) is 50.7 Å². The number of methoxy groups -OCH3 is 1. The number of rotatable bonds is 6. The highest BCUT2D eigenvalue weighted by atomic mass is 19.4. The lowest BCUT2D eigenvalue weighted by atomic mass is 9.71. The van der Waals surface area contributed by atoms with E-state index in [1.54, 1.807) is 20.8 Å². The third kappa shape index (κ3) is 4.03. The van der Waals surface area contributed by atoms with Crippen molar-refractivity contribution in [1.82, 2.24) is 4.98 Å². The lowest BCUT2D eigenvalue weighted by Crippen LogP contribution is -2.58. The molecule has 162 valence electrons. The SMILES string of the molecule is COc1ccc(F)cc1C(C)(C)CC(N)(Cc1[nH]c2ccccc2c1C)C(F)(F)F. The van der Waals surface area contributed by atoms with Crippen molar-refractivity contribution in [2.24, 2.45) is 5.73 Å². The number of alkyl halides is 3. The maximum Gasteiger partial charge on any atom is 0.406 e. The molecule has 0 saturated carbocycles. The topological polar surface area (TPSA) is 51.0 Å². The number of nitrogens with one attached hydrogen (secondary N) is 1. The highest BCUT2D eigenvalue weighted by molar-refractivity contribution is 5.84. The number of benzene rings is 2. The van der Waals surface area contributed by atoms with Gasteiger partial charge >= 0.3 is 6.18 Å². The van der Waals surface area contributed by atoms with Gasteiger partial charge in [-0.1, -0.05) is 32.0 Å². The minimum atomic E-state index is -4.67. The number of ether oxygens (including phenoxy) is 1. The predicted octanol–water partition coefficient (Wildman–Crippen LogP) is 5.79. The summed E-state index contributed by atoms with van der Waals surface area (Å²) in [6, 6.07) is 11.2. The van der Waals surface area contributed by atoms with E-state index in [4.69, 9.17) is 10.5 Å². The molecule has 7 heteroatoms. The van der Waals surface area contributed by atoms with Crippen LogP contribution in [0.3, 0.4) is 0 Å². The molecule has 0 saturated heterocycles. The molecule has 2 aromatic carbocycles. The number of aryl methyl sites for hydroxylation is 1. The number of halogens is 4. The lowest BCUT2D eigenvalue weighted by molar-refractivity contribution is -0.191. The van der Waals surface area contributed by atoms with Crippen LogP contribution in [0.2, 0.25) is 0 Å². The minimum absolute atomic E-state index is 0.327. The molecule has 0 aliphatic heterocycles. The van der Waals surface area contributed by atoms with Gasteiger partial charge in [-0.2, -0.15) is 13.2 Å². The quantitative estimate of drug-likeness (QED) is 0.494. The molecule has 1 atom stereocenters. The number of aromatic amines is 1. The fraction of sp³-hybridized carbons (Fsp3) is 0.391. The minimum Gasteiger partial charge on any atom is -0.496 e. The van der Waals surface area contributed by atoms with Gasteiger partial charge in [0.2, 0.25) is 0 Å². The molecule has 0 radical (unpaired) electrons. The van der Waals surface area contributed by atoms with Crippen LogP contribution < -0.4 is 10.5 Å². The molecule has 0 aliphatic rings. The number of nitrogens with two attached hydrogens (primary N) is 1. The molecular weight excluding hydrogens is 396 g/mol. The molecular formula is C23H26F4N2O. The van der Waals surface area contributed by atoms with Crippen molar-refractivity contribution in [3.05, 3.63) is 65.1 Å². The van der Waals surface area contributed by atoms with Crippen molar-refractivity contribution in [3.8, 4) is 5.75 Å². The summed E-state index contributed by atoms with van der Waals surface area (Å²) in [6.07, 6.45) is -5.54. The molecule has 3 nitrogen and oxygen atoms in total. The Morgan fingerprint density at radius 3 is 2.33 bits per heavy atom. The number of aromatic nitrogens is 1. The molecule has 0 amide bonds. The van der Waals surface area contributed by atoms with Gasteiger partial charge < -0.3 is 15.5 Å². The Morgan fingerprint density at radius 2 is 1.73 bits per heavy atom. The second-order valence-corrected chi connectivity index (χ2v) is 8.51. The van der Waals surface area contributed by atoms with Crippen LogP contribution in [0.1, 0.15) is 37.1 Å². The normalized spacial score (nSPS) is 14.7. The Hall–Kier alpha value is -2.54. The standard InChI is InChI=1S/C23H26F4N2O/c1-14-16-7-5-6-8-18(16)29-19(14)12-22(28,23(25,26)27)13-21(2,3)17-11-15(24)9-10-20(17)30-4/h5-11,29H,12-13,28H2,1-4H3. The smallest absolute Gasteiger partial charge is 0.406 e. The number of hydrogen-bond acceptors (Lipinski definition) is 2. The van der Waals surface area contributed by atoms with Crippen molar-refractivity contribution in [1.29, 1.82) is 0 Å². The molecule has 0 bridgehead atoms. The highest BCUT2D eigenvalue weighted by Gasteiger charge is 2.54. The van der Waals surface area contributed by atoms with Crippen LogP contribution in [0.5, 0.6) is 5.75 Å². The Kier molecular flexibility index (Phi) is 5.62. The van der Waals surface area contributed by atoms with E-state index in [0.29, 0.717) is 17.0 Å². The predicted molar refractivity (Wildman–Crippen MR) is 110 cm³/mol. The second kappa shape index (κ2) is 7.61. The molecule has 3 rings (SSSR count). The third-order valence-electron chi connectivity index (χ3n) is 5.77. The summed E-state index contributed by atoms with van der Waals surface area (Å²) in [4.78, 5) is 3.08. The zero-order valence-electron chi connectivity index (χ0n) is 17.5. The number of H-pyrrole nitrogens is 1. The van der Waals surface area contributed by atoms with Gasteiger partial charge in [0.25, 0.3) is 0 Å². The van der Waals surface area contributed by atoms with Gasteiger partial charge in [0.15, 0.2) is 0 Å². The Bertz CT molecular complexity index is 1060. The Morgan fingerprint density at radius 1 is 1.07 bits per heavy atom. The first kappa shape index (κ1) is 22.2. The van der Waals surface area contributed by atoms with Crippen molar-refractivity contribution in [3.63, 3.8) is 0 Å². The van der Waals surface area contributed by atoms with Gasteiger partial charge in [-0.05, 0) is 48.6 Å². The van der Waals surface area contributed by atoms with E-state index in [-0.39, 0.29) is 0 Å². The third-order valence-corrected chi connectivity index (χ3v) is 5.77. The average molecular weight is 422 g/mol. The maximum atomic E-state index is 14.2. The number of para-hydroxylation sites is 1. The molecule has 3 aromatic rings. The Balaban J connectivity index is 2.03. The summed E-state index contributed by atoms with van der Waals surface area (Å²) in [7, 11) is 1.40. The number of fused-ring (bicyclic) bond motifs is 1. The largest absolute Gasteiger partial charge is 0.496 e. The van der Waals surface area contributed by atoms with Crippen molar-refractivity contribution in [2.75, 3.05) is 7.11 Å². The fourth-order valence-electron chi connectivity index (χ4n) is 4.19. The first-order chi connectivity index (χ1) is 13.9. The van der Waals surface area contributed by atoms with Crippen LogP contribution in [-0.4, -0.2) is 23.8 Å². The molecule has 0 aliphatic carbocycles. The number of hydrogen-bond donors (Lipinski definition) is 2.